The van der Waals surface area contributed by atoms with Gasteiger partial charge in [0.15, 0.2) is 6.10 Å². The summed E-state index contributed by atoms with van der Waals surface area (Å²) in [6.45, 7) is 1.27. The topological polar surface area (TPSA) is 58.6 Å². The number of benzene rings is 1. The zero-order valence-electron chi connectivity index (χ0n) is 16.0. The molecule has 0 aromatic heterocycles. The minimum absolute atomic E-state index is 0.00213. The number of nitrogens with zero attached hydrogens (tertiary/aromatic N) is 1. The predicted octanol–water partition coefficient (Wildman–Crippen LogP) is 3.60. The maximum absolute atomic E-state index is 12.8. The van der Waals surface area contributed by atoms with Gasteiger partial charge in [-0.3, -0.25) is 9.59 Å². The Bertz CT molecular complexity index is 629. The van der Waals surface area contributed by atoms with E-state index in [0.29, 0.717) is 37.9 Å². The molecule has 2 rings (SSSR count). The predicted molar refractivity (Wildman–Crippen MR) is 98.5 cm³/mol. The number of unbranched alkanes of at least 4 members (excludes halogenated alkanes) is 1. The van der Waals surface area contributed by atoms with Crippen LogP contribution in [0.2, 0.25) is 0 Å². The molecule has 1 saturated heterocycles. The van der Waals surface area contributed by atoms with Crippen LogP contribution in [0.5, 0.6) is 0 Å². The number of ether oxygens (including phenoxy) is 1. The van der Waals surface area contributed by atoms with Gasteiger partial charge >= 0.3 is 6.18 Å². The number of carbonyl (C=O) groups excluding carboxylic acids is 2. The number of nitrogens with one attached hydrogen (secondary N) is 1. The van der Waals surface area contributed by atoms with Crippen molar-refractivity contribution in [2.75, 3.05) is 19.7 Å². The van der Waals surface area contributed by atoms with Crippen molar-refractivity contribution in [2.24, 2.45) is 0 Å². The molecule has 0 aliphatic carbocycles. The fraction of sp³-hybridized carbons (Fsp3) is 0.600. The smallest absolute Gasteiger partial charge is 0.354 e. The van der Waals surface area contributed by atoms with Gasteiger partial charge < -0.3 is 15.0 Å². The van der Waals surface area contributed by atoms with Crippen molar-refractivity contribution in [3.63, 3.8) is 0 Å². The van der Waals surface area contributed by atoms with Crippen molar-refractivity contribution in [3.8, 4) is 0 Å². The van der Waals surface area contributed by atoms with Crippen LogP contribution in [0.4, 0.5) is 13.2 Å². The molecule has 1 aliphatic heterocycles. The zero-order valence-corrected chi connectivity index (χ0v) is 16.0. The van der Waals surface area contributed by atoms with Gasteiger partial charge in [-0.05, 0) is 24.8 Å². The molecule has 156 valence electrons. The van der Waals surface area contributed by atoms with Crippen LogP contribution in [0.15, 0.2) is 30.3 Å². The van der Waals surface area contributed by atoms with Gasteiger partial charge in [0.25, 0.3) is 5.91 Å². The molecule has 0 saturated carbocycles. The second-order valence-corrected chi connectivity index (χ2v) is 6.99. The van der Waals surface area contributed by atoms with Crippen LogP contribution in [0.3, 0.4) is 0 Å². The SMILES string of the molecule is CCCCC(=O)NC1CCN(C(=O)[C@@H](OCC(F)(F)F)c2ccccc2)CC1. The highest BCUT2D eigenvalue weighted by Crippen LogP contribution is 2.26. The number of hydrogen-bond donors (Lipinski definition) is 1. The first kappa shape index (κ1) is 22.2. The van der Waals surface area contributed by atoms with E-state index in [1.807, 2.05) is 6.92 Å². The largest absolute Gasteiger partial charge is 0.411 e. The molecule has 5 nitrogen and oxygen atoms in total. The van der Waals surface area contributed by atoms with Crippen molar-refractivity contribution in [1.29, 1.82) is 0 Å². The zero-order chi connectivity index (χ0) is 20.6. The second kappa shape index (κ2) is 10.5. The fourth-order valence-corrected chi connectivity index (χ4v) is 3.16. The van der Waals surface area contributed by atoms with Crippen LogP contribution in [0.25, 0.3) is 0 Å². The molecule has 1 aromatic rings. The number of halogens is 3. The van der Waals surface area contributed by atoms with Gasteiger partial charge in [0.1, 0.15) is 6.61 Å². The Morgan fingerprint density at radius 1 is 1.21 bits per heavy atom. The van der Waals surface area contributed by atoms with Gasteiger partial charge in [-0.2, -0.15) is 13.2 Å². The van der Waals surface area contributed by atoms with Crippen LogP contribution in [0.1, 0.15) is 50.7 Å². The lowest BCUT2D eigenvalue weighted by atomic mass is 10.0. The van der Waals surface area contributed by atoms with E-state index in [4.69, 9.17) is 4.74 Å². The summed E-state index contributed by atoms with van der Waals surface area (Å²) < 4.78 is 42.8. The van der Waals surface area contributed by atoms with Crippen LogP contribution in [0, 0.1) is 0 Å². The highest BCUT2D eigenvalue weighted by atomic mass is 19.4. The Morgan fingerprint density at radius 2 is 1.86 bits per heavy atom. The number of carbonyl (C=O) groups is 2. The van der Waals surface area contributed by atoms with E-state index in [1.54, 1.807) is 30.3 Å². The first-order valence-corrected chi connectivity index (χ1v) is 9.61. The summed E-state index contributed by atoms with van der Waals surface area (Å²) in [4.78, 5) is 26.2. The number of alkyl halides is 3. The lowest BCUT2D eigenvalue weighted by Crippen LogP contribution is -2.48. The second-order valence-electron chi connectivity index (χ2n) is 6.99. The third kappa shape index (κ3) is 7.14. The van der Waals surface area contributed by atoms with Crippen molar-refractivity contribution >= 4 is 11.8 Å². The Balaban J connectivity index is 1.95. The third-order valence-electron chi connectivity index (χ3n) is 4.67. The number of amides is 2. The molecule has 8 heteroatoms. The fourth-order valence-electron chi connectivity index (χ4n) is 3.16. The maximum Gasteiger partial charge on any atom is 0.411 e. The van der Waals surface area contributed by atoms with E-state index in [9.17, 15) is 22.8 Å². The van der Waals surface area contributed by atoms with Crippen LogP contribution in [-0.4, -0.2) is 48.6 Å². The molecular formula is C20H27F3N2O3. The lowest BCUT2D eigenvalue weighted by Gasteiger charge is -2.34. The van der Waals surface area contributed by atoms with Crippen molar-refractivity contribution in [2.45, 2.75) is 57.3 Å². The van der Waals surface area contributed by atoms with Crippen LogP contribution >= 0.6 is 0 Å². The Kier molecular flexibility index (Phi) is 8.29. The first-order valence-electron chi connectivity index (χ1n) is 9.61. The van der Waals surface area contributed by atoms with E-state index in [-0.39, 0.29) is 11.9 Å². The number of hydrogen-bond acceptors (Lipinski definition) is 3. The van der Waals surface area contributed by atoms with Crippen molar-refractivity contribution in [3.05, 3.63) is 35.9 Å². The maximum atomic E-state index is 12.8. The summed E-state index contributed by atoms with van der Waals surface area (Å²) in [5.74, 6) is -0.478. The first-order chi connectivity index (χ1) is 13.3. The summed E-state index contributed by atoms with van der Waals surface area (Å²) in [6.07, 6.45) is -2.40. The molecule has 1 N–H and O–H groups in total. The van der Waals surface area contributed by atoms with Gasteiger partial charge in [0, 0.05) is 25.6 Å². The van der Waals surface area contributed by atoms with Gasteiger partial charge in [-0.1, -0.05) is 43.7 Å². The van der Waals surface area contributed by atoms with E-state index in [1.165, 1.54) is 4.90 Å². The molecule has 0 unspecified atom stereocenters. The number of likely N-dealkylation sites (tertiary alicyclic amines) is 1. The summed E-state index contributed by atoms with van der Waals surface area (Å²) in [5.41, 5.74) is 0.395. The Labute approximate surface area is 163 Å². The monoisotopic (exact) mass is 400 g/mol. The highest BCUT2D eigenvalue weighted by molar-refractivity contribution is 5.82. The average molecular weight is 400 g/mol. The summed E-state index contributed by atoms with van der Waals surface area (Å²) in [5, 5.41) is 2.96. The average Bonchev–Trinajstić information content (AvgIpc) is 2.67. The molecule has 0 radical (unpaired) electrons. The summed E-state index contributed by atoms with van der Waals surface area (Å²) >= 11 is 0. The highest BCUT2D eigenvalue weighted by Gasteiger charge is 2.35. The molecule has 1 aromatic carbocycles. The normalized spacial score (nSPS) is 16.6. The quantitative estimate of drug-likeness (QED) is 0.725. The van der Waals surface area contributed by atoms with E-state index in [2.05, 4.69) is 5.32 Å². The van der Waals surface area contributed by atoms with Crippen molar-refractivity contribution in [1.82, 2.24) is 10.2 Å². The Hall–Kier alpha value is -2.09. The molecule has 1 heterocycles. The molecular weight excluding hydrogens is 373 g/mol. The summed E-state index contributed by atoms with van der Waals surface area (Å²) in [7, 11) is 0. The summed E-state index contributed by atoms with van der Waals surface area (Å²) in [6, 6.07) is 8.19. The molecule has 28 heavy (non-hydrogen) atoms. The molecule has 2 amide bonds. The van der Waals surface area contributed by atoms with E-state index < -0.39 is 24.8 Å². The molecule has 1 fully saturated rings. The molecule has 0 bridgehead atoms. The lowest BCUT2D eigenvalue weighted by molar-refractivity contribution is -0.191. The standard InChI is InChI=1S/C20H27F3N2O3/c1-2-3-9-17(26)24-16-10-12-25(13-11-16)19(27)18(28-14-20(21,22)23)15-7-5-4-6-8-15/h4-8,16,18H,2-3,9-14H2,1H3,(H,24,26)/t18-/m0/s1. The Morgan fingerprint density at radius 3 is 2.43 bits per heavy atom. The third-order valence-corrected chi connectivity index (χ3v) is 4.67. The van der Waals surface area contributed by atoms with E-state index in [0.717, 1.165) is 12.8 Å². The molecule has 1 atom stereocenters. The number of rotatable bonds is 8. The van der Waals surface area contributed by atoms with Crippen LogP contribution in [-0.2, 0) is 14.3 Å². The van der Waals surface area contributed by atoms with Crippen LogP contribution < -0.4 is 5.32 Å². The van der Waals surface area contributed by atoms with Crippen molar-refractivity contribution < 1.29 is 27.5 Å². The van der Waals surface area contributed by atoms with Gasteiger partial charge in [0.2, 0.25) is 5.91 Å². The molecule has 0 spiro atoms. The van der Waals surface area contributed by atoms with Gasteiger partial charge in [-0.25, -0.2) is 0 Å². The molecule has 1 aliphatic rings. The van der Waals surface area contributed by atoms with Gasteiger partial charge in [-0.15, -0.1) is 0 Å². The minimum atomic E-state index is -4.51. The van der Waals surface area contributed by atoms with E-state index >= 15 is 0 Å². The van der Waals surface area contributed by atoms with Gasteiger partial charge in [0.05, 0.1) is 0 Å². The minimum Gasteiger partial charge on any atom is -0.354 e. The number of piperidine rings is 1.